The molecule has 27 nitrogen and oxygen atoms in total. The fourth-order valence-electron chi connectivity index (χ4n) is 6.36. The summed E-state index contributed by atoms with van der Waals surface area (Å²) in [7, 11) is -11.2. The second-order valence-corrected chi connectivity index (χ2v) is 14.6. The first kappa shape index (κ1) is 40.7. The minimum Gasteiger partial charge on any atom is -0.404 e. The van der Waals surface area contributed by atoms with E-state index >= 15 is 0 Å². The number of nitrogens with two attached hydrogens (primary N) is 2. The van der Waals surface area contributed by atoms with Crippen LogP contribution >= 0.6 is 15.6 Å². The van der Waals surface area contributed by atoms with Gasteiger partial charge in [0.15, 0.2) is 11.6 Å². The summed E-state index contributed by atoms with van der Waals surface area (Å²) in [4.78, 5) is 58.7. The van der Waals surface area contributed by atoms with Gasteiger partial charge in [0.05, 0.1) is 23.6 Å². The highest BCUT2D eigenvalue weighted by atomic mass is 31.2. The molecule has 300 valence electrons. The molecule has 0 aliphatic carbocycles. The second-order valence-electron chi connectivity index (χ2n) is 12.2. The summed E-state index contributed by atoms with van der Waals surface area (Å²) in [5, 5.41) is 72.0. The number of aromatic nitrogens is 6. The fourth-order valence-corrected chi connectivity index (χ4v) is 7.23. The second kappa shape index (κ2) is 14.9. The summed E-state index contributed by atoms with van der Waals surface area (Å²) in [6.07, 6.45) is -18.7. The highest BCUT2D eigenvalue weighted by Gasteiger charge is 2.59. The van der Waals surface area contributed by atoms with Gasteiger partial charge in [-0.15, -0.1) is 0 Å². The van der Waals surface area contributed by atoms with Crippen LogP contribution in [-0.4, -0.2) is 125 Å². The van der Waals surface area contributed by atoms with Crippen LogP contribution in [0.4, 0.5) is 16.4 Å². The Morgan fingerprint density at radius 2 is 1.14 bits per heavy atom. The van der Waals surface area contributed by atoms with Crippen molar-refractivity contribution in [2.45, 2.75) is 73.2 Å². The number of carbonyl (C=O) groups is 1. The Morgan fingerprint density at radius 3 is 1.48 bits per heavy atom. The highest BCUT2D eigenvalue weighted by molar-refractivity contribution is 7.46. The third kappa shape index (κ3) is 7.49. The summed E-state index contributed by atoms with van der Waals surface area (Å²) in [5.41, 5.74) is 6.88. The van der Waals surface area contributed by atoms with E-state index in [0.29, 0.717) is 0 Å². The maximum atomic E-state index is 13.0. The number of nitrogens with zero attached hydrogens (tertiary/aromatic N) is 8. The van der Waals surface area contributed by atoms with E-state index in [4.69, 9.17) is 30.4 Å². The van der Waals surface area contributed by atoms with Gasteiger partial charge in [-0.05, 0) is 24.3 Å². The van der Waals surface area contributed by atoms with E-state index in [9.17, 15) is 64.4 Å². The molecule has 2 aliphatic rings. The van der Waals surface area contributed by atoms with Gasteiger partial charge in [0, 0.05) is 12.8 Å². The van der Waals surface area contributed by atoms with Crippen LogP contribution in [0.1, 0.15) is 24.2 Å². The van der Waals surface area contributed by atoms with Crippen molar-refractivity contribution < 1.29 is 81.9 Å². The number of phosphoric acid groups is 2. The zero-order chi connectivity index (χ0) is 41.0. The third-order valence-electron chi connectivity index (χ3n) is 8.79. The fraction of sp³-hybridized carbons (Fsp3) is 0.444. The number of nitrogen functional groups attached to an aromatic ring is 2. The normalized spacial score (nSPS) is 29.2. The minimum absolute atomic E-state index is 0.0307. The molecule has 4 aromatic rings. The first-order valence-electron chi connectivity index (χ1n) is 15.7. The molecule has 6 heterocycles. The molecular weight excluding hydrogens is 798 g/mol. The van der Waals surface area contributed by atoms with Crippen LogP contribution in [0.2, 0.25) is 0 Å². The third-order valence-corrected chi connectivity index (χ3v) is 9.81. The zero-order valence-electron chi connectivity index (χ0n) is 27.9. The Labute approximate surface area is 311 Å². The van der Waals surface area contributed by atoms with Crippen LogP contribution in [0.15, 0.2) is 36.9 Å². The van der Waals surface area contributed by atoms with Gasteiger partial charge >= 0.3 is 21.8 Å². The molecule has 0 amide bonds. The van der Waals surface area contributed by atoms with Crippen molar-refractivity contribution in [3.8, 4) is 12.1 Å². The number of hydrogen-bond donors (Lipinski definition) is 10. The van der Waals surface area contributed by atoms with E-state index in [1.807, 2.05) is 0 Å². The molecule has 10 atom stereocenters. The van der Waals surface area contributed by atoms with Crippen molar-refractivity contribution in [2.75, 3.05) is 11.5 Å². The SMILES string of the molecule is N#C[C@@]1(c2ccc3c(N)ncnn23)O[C@H](CC(OC(=O)OC(C[C@H]2O[C@@](C#N)(c3ccc4c(N)ncnn34)[C@H](O)[C@@H]2O)OP(=O)(O)O)OP(=O)(O)O)[C@@H](O)[C@H]1O. The van der Waals surface area contributed by atoms with Gasteiger partial charge in [0.2, 0.25) is 23.8 Å². The number of anilines is 2. The number of phosphoric ester groups is 2. The highest BCUT2D eigenvalue weighted by Crippen LogP contribution is 2.46. The molecule has 56 heavy (non-hydrogen) atoms. The van der Waals surface area contributed by atoms with Gasteiger partial charge < -0.3 is 70.4 Å². The lowest BCUT2D eigenvalue weighted by Crippen LogP contribution is -2.41. The van der Waals surface area contributed by atoms with Gasteiger partial charge in [-0.3, -0.25) is 0 Å². The van der Waals surface area contributed by atoms with E-state index < -0.39 is 95.0 Å². The molecule has 6 rings (SSSR count). The molecule has 2 saturated heterocycles. The quantitative estimate of drug-likeness (QED) is 0.0389. The van der Waals surface area contributed by atoms with Crippen LogP contribution in [0, 0.1) is 22.7 Å². The number of aliphatic hydroxyl groups is 4. The predicted octanol–water partition coefficient (Wildman–Crippen LogP) is -2.88. The number of nitriles is 2. The van der Waals surface area contributed by atoms with Crippen molar-refractivity contribution in [2.24, 2.45) is 0 Å². The molecule has 4 aromatic heterocycles. The van der Waals surface area contributed by atoms with Gasteiger partial charge in [0.25, 0.3) is 0 Å². The Bertz CT molecular complexity index is 2170. The zero-order valence-corrected chi connectivity index (χ0v) is 29.7. The van der Waals surface area contributed by atoms with E-state index in [1.54, 1.807) is 12.1 Å². The van der Waals surface area contributed by atoms with Crippen molar-refractivity contribution in [3.63, 3.8) is 0 Å². The smallest absolute Gasteiger partial charge is 0.404 e. The van der Waals surface area contributed by atoms with Crippen LogP contribution in [0.25, 0.3) is 11.0 Å². The number of rotatable bonds is 12. The van der Waals surface area contributed by atoms with Crippen molar-refractivity contribution in [3.05, 3.63) is 48.3 Å². The summed E-state index contributed by atoms with van der Waals surface area (Å²) in [5.74, 6) is -0.0614. The van der Waals surface area contributed by atoms with Gasteiger partial charge in [-0.1, -0.05) is 0 Å². The number of carbonyl (C=O) groups excluding carboxylic acids is 1. The van der Waals surface area contributed by atoms with Gasteiger partial charge in [0.1, 0.15) is 60.2 Å². The van der Waals surface area contributed by atoms with E-state index in [1.165, 1.54) is 24.3 Å². The molecule has 0 radical (unpaired) electrons. The van der Waals surface area contributed by atoms with Crippen LogP contribution in [-0.2, 0) is 48.3 Å². The van der Waals surface area contributed by atoms with Crippen molar-refractivity contribution in [1.82, 2.24) is 29.2 Å². The number of ether oxygens (including phenoxy) is 4. The largest absolute Gasteiger partial charge is 0.512 e. The molecule has 2 aliphatic heterocycles. The molecule has 0 spiro atoms. The Balaban J connectivity index is 1.21. The van der Waals surface area contributed by atoms with Gasteiger partial charge in [-0.25, -0.2) is 42.0 Å². The van der Waals surface area contributed by atoms with Crippen molar-refractivity contribution in [1.29, 1.82) is 10.5 Å². The summed E-state index contributed by atoms with van der Waals surface area (Å²) < 4.78 is 56.0. The average Bonchev–Trinajstić information content (AvgIpc) is 3.86. The van der Waals surface area contributed by atoms with E-state index in [-0.39, 0.29) is 34.1 Å². The lowest BCUT2D eigenvalue weighted by Gasteiger charge is -2.26. The molecule has 0 aromatic carbocycles. The lowest BCUT2D eigenvalue weighted by atomic mass is 9.92. The molecule has 2 unspecified atom stereocenters. The molecule has 29 heteroatoms. The molecule has 0 saturated carbocycles. The Kier molecular flexibility index (Phi) is 10.8. The van der Waals surface area contributed by atoms with Crippen molar-refractivity contribution >= 4 is 44.5 Å². The molecule has 12 N–H and O–H groups in total. The topological polar surface area (TPSA) is 428 Å². The standard InChI is InChI=1S/C27H30N10O17P2/c28-7-26(15-3-1-11-23(30)32-9-34-36(11)15)21(40)19(38)13(51-26)5-17(53-55(43,44)45)49-25(42)50-18(54-56(46,47)48)6-14-20(39)22(41)27(8-29,52-14)16-4-2-12-24(31)33-10-35-37(12)16/h1-4,9-10,13-14,17-22,38-41H,5-6H2,(H2,30,32,34)(H2,31,33,35)(H2,43,44,45)(H2,46,47,48)/t13-,14-,17?,18?,19-,20-,21-,22-,26+,27+/m1/s1. The molecule has 0 bridgehead atoms. The Hall–Kier alpha value is -4.93. The summed E-state index contributed by atoms with van der Waals surface area (Å²) in [6.45, 7) is 0. The first-order valence-corrected chi connectivity index (χ1v) is 18.7. The Morgan fingerprint density at radius 1 is 0.768 bits per heavy atom. The van der Waals surface area contributed by atoms with Crippen LogP contribution in [0.5, 0.6) is 0 Å². The van der Waals surface area contributed by atoms with Crippen LogP contribution in [0.3, 0.4) is 0 Å². The maximum Gasteiger partial charge on any atom is 0.512 e. The van der Waals surface area contributed by atoms with Crippen LogP contribution < -0.4 is 11.5 Å². The number of hydrogen-bond acceptors (Lipinski definition) is 21. The van der Waals surface area contributed by atoms with Gasteiger partial charge in [-0.2, -0.15) is 20.7 Å². The molecular formula is C27H30N10O17P2. The lowest BCUT2D eigenvalue weighted by molar-refractivity contribution is -0.150. The molecule has 2 fully saturated rings. The summed E-state index contributed by atoms with van der Waals surface area (Å²) >= 11 is 0. The maximum absolute atomic E-state index is 13.0. The minimum atomic E-state index is -5.58. The summed E-state index contributed by atoms with van der Waals surface area (Å²) in [6, 6.07) is 8.75. The number of fused-ring (bicyclic) bond motifs is 2. The average molecular weight is 829 g/mol. The van der Waals surface area contributed by atoms with E-state index in [2.05, 4.69) is 29.2 Å². The number of aliphatic hydroxyl groups excluding tert-OH is 4. The first-order chi connectivity index (χ1) is 26.2. The monoisotopic (exact) mass is 828 g/mol. The predicted molar refractivity (Wildman–Crippen MR) is 174 cm³/mol. The van der Waals surface area contributed by atoms with E-state index in [0.717, 1.165) is 21.7 Å².